The van der Waals surface area contributed by atoms with Crippen LogP contribution in [0.3, 0.4) is 0 Å². The molecule has 2 aromatic carbocycles. The summed E-state index contributed by atoms with van der Waals surface area (Å²) in [4.78, 5) is 0. The zero-order valence-electron chi connectivity index (χ0n) is 11.6. The fourth-order valence-corrected chi connectivity index (χ4v) is 2.87. The van der Waals surface area contributed by atoms with Gasteiger partial charge in [0.05, 0.1) is 31.9 Å². The normalized spacial score (nSPS) is 10.6. The second kappa shape index (κ2) is 6.77. The lowest BCUT2D eigenvalue weighted by atomic mass is 10.0. The van der Waals surface area contributed by atoms with Crippen LogP contribution in [0.5, 0.6) is 11.5 Å². The van der Waals surface area contributed by atoms with Crippen molar-refractivity contribution in [1.29, 1.82) is 0 Å². The average molecular weight is 337 g/mol. The van der Waals surface area contributed by atoms with Gasteiger partial charge in [0.2, 0.25) is 0 Å². The van der Waals surface area contributed by atoms with Crippen LogP contribution < -0.4 is 9.47 Å². The van der Waals surface area contributed by atoms with E-state index >= 15 is 0 Å². The molecule has 0 amide bonds. The summed E-state index contributed by atoms with van der Waals surface area (Å²) in [6.45, 7) is 4.57. The molecule has 106 valence electrons. The highest BCUT2D eigenvalue weighted by Gasteiger charge is 2.18. The van der Waals surface area contributed by atoms with Crippen LogP contribution in [-0.2, 0) is 11.3 Å². The van der Waals surface area contributed by atoms with E-state index in [9.17, 15) is 0 Å². The van der Waals surface area contributed by atoms with Gasteiger partial charge < -0.3 is 14.2 Å². The molecule has 0 heterocycles. The molecule has 0 aliphatic carbocycles. The molecule has 3 nitrogen and oxygen atoms in total. The van der Waals surface area contributed by atoms with E-state index in [-0.39, 0.29) is 0 Å². The molecule has 0 saturated carbocycles. The fraction of sp³-hybridized carbons (Fsp3) is 0.250. The van der Waals surface area contributed by atoms with Crippen LogP contribution in [0, 0.1) is 0 Å². The molecule has 0 aromatic heterocycles. The predicted molar refractivity (Wildman–Crippen MR) is 84.6 cm³/mol. The molecule has 0 unspecified atom stereocenters. The molecule has 0 aliphatic rings. The van der Waals surface area contributed by atoms with Crippen LogP contribution in [0.25, 0.3) is 10.8 Å². The first kappa shape index (κ1) is 14.9. The maximum atomic E-state index is 5.58. The number of hydrogen-bond donors (Lipinski definition) is 0. The van der Waals surface area contributed by atoms with Crippen LogP contribution in [-0.4, -0.2) is 20.8 Å². The zero-order chi connectivity index (χ0) is 14.5. The van der Waals surface area contributed by atoms with Crippen molar-refractivity contribution in [1.82, 2.24) is 0 Å². The SMILES string of the molecule is C=CCOCc1c(Br)c(OC)c2ccccc2c1OC. The van der Waals surface area contributed by atoms with Gasteiger partial charge in [-0.2, -0.15) is 0 Å². The van der Waals surface area contributed by atoms with Gasteiger partial charge in [-0.3, -0.25) is 0 Å². The number of ether oxygens (including phenoxy) is 3. The Balaban J connectivity index is 2.65. The standard InChI is InChI=1S/C16H17BrO3/c1-4-9-20-10-13-14(17)16(19-3)12-8-6-5-7-11(12)15(13)18-2/h4-8H,1,9-10H2,2-3H3. The average Bonchev–Trinajstić information content (AvgIpc) is 2.48. The van der Waals surface area contributed by atoms with E-state index in [2.05, 4.69) is 22.5 Å². The minimum Gasteiger partial charge on any atom is -0.496 e. The molecule has 0 aliphatic heterocycles. The van der Waals surface area contributed by atoms with E-state index in [1.165, 1.54) is 0 Å². The van der Waals surface area contributed by atoms with Gasteiger partial charge in [-0.05, 0) is 15.9 Å². The van der Waals surface area contributed by atoms with Crippen LogP contribution in [0.15, 0.2) is 41.4 Å². The van der Waals surface area contributed by atoms with Gasteiger partial charge in [0.1, 0.15) is 11.5 Å². The van der Waals surface area contributed by atoms with E-state index in [0.29, 0.717) is 13.2 Å². The highest BCUT2D eigenvalue weighted by Crippen LogP contribution is 2.43. The largest absolute Gasteiger partial charge is 0.496 e. The molecular weight excluding hydrogens is 320 g/mol. The van der Waals surface area contributed by atoms with E-state index in [1.54, 1.807) is 20.3 Å². The third kappa shape index (κ3) is 2.67. The molecule has 0 atom stereocenters. The number of hydrogen-bond acceptors (Lipinski definition) is 3. The second-order valence-corrected chi connectivity index (χ2v) is 5.00. The Kier molecular flexibility index (Phi) is 5.04. The Morgan fingerprint density at radius 3 is 2.25 bits per heavy atom. The third-order valence-electron chi connectivity index (χ3n) is 3.05. The molecule has 2 rings (SSSR count). The molecular formula is C16H17BrO3. The van der Waals surface area contributed by atoms with Crippen molar-refractivity contribution in [2.45, 2.75) is 6.61 Å². The van der Waals surface area contributed by atoms with Gasteiger partial charge in [-0.25, -0.2) is 0 Å². The lowest BCUT2D eigenvalue weighted by molar-refractivity contribution is 0.146. The van der Waals surface area contributed by atoms with Crippen LogP contribution in [0.1, 0.15) is 5.56 Å². The zero-order valence-corrected chi connectivity index (χ0v) is 13.2. The van der Waals surface area contributed by atoms with Crippen molar-refractivity contribution in [3.63, 3.8) is 0 Å². The topological polar surface area (TPSA) is 27.7 Å². The highest BCUT2D eigenvalue weighted by molar-refractivity contribution is 9.10. The smallest absolute Gasteiger partial charge is 0.141 e. The Morgan fingerprint density at radius 1 is 1.10 bits per heavy atom. The summed E-state index contributed by atoms with van der Waals surface area (Å²) in [5, 5.41) is 2.01. The summed E-state index contributed by atoms with van der Waals surface area (Å²) < 4.78 is 17.5. The first-order valence-corrected chi connectivity index (χ1v) is 7.03. The number of halogens is 1. The predicted octanol–water partition coefficient (Wildman–Crippen LogP) is 4.32. The number of rotatable bonds is 6. The van der Waals surface area contributed by atoms with Crippen LogP contribution in [0.4, 0.5) is 0 Å². The van der Waals surface area contributed by atoms with Gasteiger partial charge >= 0.3 is 0 Å². The molecule has 4 heteroatoms. The van der Waals surface area contributed by atoms with Crippen LogP contribution in [0.2, 0.25) is 0 Å². The molecule has 0 saturated heterocycles. The van der Waals surface area contributed by atoms with Crippen molar-refractivity contribution < 1.29 is 14.2 Å². The van der Waals surface area contributed by atoms with Crippen molar-refractivity contribution >= 4 is 26.7 Å². The number of benzene rings is 2. The highest BCUT2D eigenvalue weighted by atomic mass is 79.9. The maximum absolute atomic E-state index is 5.58. The molecule has 20 heavy (non-hydrogen) atoms. The summed E-state index contributed by atoms with van der Waals surface area (Å²) in [5.41, 5.74) is 0.935. The van der Waals surface area contributed by atoms with Gasteiger partial charge in [-0.1, -0.05) is 30.3 Å². The Hall–Kier alpha value is -1.52. The third-order valence-corrected chi connectivity index (χ3v) is 3.88. The molecule has 0 radical (unpaired) electrons. The summed E-state index contributed by atoms with van der Waals surface area (Å²) in [5.74, 6) is 1.59. The summed E-state index contributed by atoms with van der Waals surface area (Å²) >= 11 is 3.60. The lowest BCUT2D eigenvalue weighted by Crippen LogP contribution is -2.01. The van der Waals surface area contributed by atoms with Gasteiger partial charge in [0, 0.05) is 16.3 Å². The summed E-state index contributed by atoms with van der Waals surface area (Å²) in [6.07, 6.45) is 1.72. The fourth-order valence-electron chi connectivity index (χ4n) is 2.20. The van der Waals surface area contributed by atoms with E-state index in [4.69, 9.17) is 14.2 Å². The molecule has 2 aromatic rings. The number of fused-ring (bicyclic) bond motifs is 1. The minimum absolute atomic E-state index is 0.428. The Labute approximate surface area is 127 Å². The van der Waals surface area contributed by atoms with Gasteiger partial charge in [0.25, 0.3) is 0 Å². The van der Waals surface area contributed by atoms with Gasteiger partial charge in [0.15, 0.2) is 0 Å². The van der Waals surface area contributed by atoms with Gasteiger partial charge in [-0.15, -0.1) is 6.58 Å². The molecule has 0 bridgehead atoms. The first-order valence-electron chi connectivity index (χ1n) is 6.24. The van der Waals surface area contributed by atoms with Crippen molar-refractivity contribution in [3.05, 3.63) is 47.0 Å². The minimum atomic E-state index is 0.428. The molecule has 0 N–H and O–H groups in total. The molecule has 0 fully saturated rings. The monoisotopic (exact) mass is 336 g/mol. The van der Waals surface area contributed by atoms with Crippen LogP contribution >= 0.6 is 15.9 Å². The second-order valence-electron chi connectivity index (χ2n) is 4.21. The van der Waals surface area contributed by atoms with E-state index in [1.807, 2.05) is 24.3 Å². The van der Waals surface area contributed by atoms with Crippen molar-refractivity contribution in [3.8, 4) is 11.5 Å². The summed E-state index contributed by atoms with van der Waals surface area (Å²) in [7, 11) is 3.32. The van der Waals surface area contributed by atoms with E-state index in [0.717, 1.165) is 32.3 Å². The van der Waals surface area contributed by atoms with Crippen molar-refractivity contribution in [2.75, 3.05) is 20.8 Å². The number of methoxy groups -OCH3 is 2. The first-order chi connectivity index (χ1) is 9.74. The quantitative estimate of drug-likeness (QED) is 0.580. The molecule has 0 spiro atoms. The summed E-state index contributed by atoms with van der Waals surface area (Å²) in [6, 6.07) is 7.98. The Morgan fingerprint density at radius 2 is 1.70 bits per heavy atom. The van der Waals surface area contributed by atoms with Crippen molar-refractivity contribution in [2.24, 2.45) is 0 Å². The Bertz CT molecular complexity index is 623. The maximum Gasteiger partial charge on any atom is 0.141 e. The van der Waals surface area contributed by atoms with E-state index < -0.39 is 0 Å². The lowest BCUT2D eigenvalue weighted by Gasteiger charge is -2.17.